The van der Waals surface area contributed by atoms with Gasteiger partial charge in [0.05, 0.1) is 0 Å². The maximum absolute atomic E-state index is 14.3. The second kappa shape index (κ2) is 7.46. The van der Waals surface area contributed by atoms with Crippen molar-refractivity contribution in [1.29, 1.82) is 0 Å². The van der Waals surface area contributed by atoms with Crippen LogP contribution in [0.2, 0.25) is 0 Å². The van der Waals surface area contributed by atoms with Gasteiger partial charge in [-0.2, -0.15) is 0 Å². The highest BCUT2D eigenvalue weighted by Gasteiger charge is 2.62. The number of nitrogens with one attached hydrogen (secondary N) is 1. The van der Waals surface area contributed by atoms with E-state index in [9.17, 15) is 18.4 Å². The van der Waals surface area contributed by atoms with Crippen molar-refractivity contribution in [3.05, 3.63) is 70.8 Å². The Morgan fingerprint density at radius 3 is 2.25 bits per heavy atom. The first-order chi connectivity index (χ1) is 13.1. The highest BCUT2D eigenvalue weighted by atomic mass is 19.1. The van der Waals surface area contributed by atoms with Crippen LogP contribution in [-0.4, -0.2) is 18.2 Å². The summed E-state index contributed by atoms with van der Waals surface area (Å²) in [6.07, 6.45) is 0.899. The number of Topliss-reactive ketones (excluding diaryl/α,β-unsaturated/α-hetero) is 1. The Kier molecular flexibility index (Phi) is 5.37. The lowest BCUT2D eigenvalue weighted by molar-refractivity contribution is -0.121. The minimum Gasteiger partial charge on any atom is -0.355 e. The summed E-state index contributed by atoms with van der Waals surface area (Å²) in [5, 5.41) is 2.85. The van der Waals surface area contributed by atoms with E-state index in [4.69, 9.17) is 0 Å². The van der Waals surface area contributed by atoms with Crippen LogP contribution in [0, 0.1) is 24.0 Å². The molecule has 1 saturated carbocycles. The summed E-state index contributed by atoms with van der Waals surface area (Å²) in [6.45, 7) is 6.21. The summed E-state index contributed by atoms with van der Waals surface area (Å²) in [6, 6.07) is 10.8. The van der Waals surface area contributed by atoms with E-state index in [1.165, 1.54) is 12.1 Å². The molecule has 0 bridgehead atoms. The summed E-state index contributed by atoms with van der Waals surface area (Å²) >= 11 is 0. The minimum absolute atomic E-state index is 0.0785. The molecule has 2 aromatic rings. The van der Waals surface area contributed by atoms with E-state index in [1.807, 2.05) is 32.9 Å². The van der Waals surface area contributed by atoms with Gasteiger partial charge in [0.15, 0.2) is 5.78 Å². The topological polar surface area (TPSA) is 46.2 Å². The van der Waals surface area contributed by atoms with Gasteiger partial charge in [-0.15, -0.1) is 0 Å². The fraction of sp³-hybridized carbons (Fsp3) is 0.391. The lowest BCUT2D eigenvalue weighted by atomic mass is 9.87. The summed E-state index contributed by atoms with van der Waals surface area (Å²) in [5.41, 5.74) is 1.33. The van der Waals surface area contributed by atoms with Gasteiger partial charge in [0.1, 0.15) is 11.6 Å². The van der Waals surface area contributed by atoms with Gasteiger partial charge in [-0.3, -0.25) is 9.59 Å². The molecule has 1 amide bonds. The van der Waals surface area contributed by atoms with Gasteiger partial charge in [-0.1, -0.05) is 49.7 Å². The van der Waals surface area contributed by atoms with Crippen LogP contribution in [0.1, 0.15) is 54.6 Å². The molecule has 5 heteroatoms. The summed E-state index contributed by atoms with van der Waals surface area (Å²) < 4.78 is 27.6. The number of halogens is 2. The average Bonchev–Trinajstić information content (AvgIpc) is 3.20. The summed E-state index contributed by atoms with van der Waals surface area (Å²) in [4.78, 5) is 24.5. The second-order valence-electron chi connectivity index (χ2n) is 8.33. The quantitative estimate of drug-likeness (QED) is 0.701. The molecule has 0 saturated heterocycles. The third-order valence-corrected chi connectivity index (χ3v) is 5.90. The van der Waals surface area contributed by atoms with Crippen molar-refractivity contribution in [3.8, 4) is 0 Å². The monoisotopic (exact) mass is 385 g/mol. The number of amides is 1. The SMILES string of the molecule is Cc1ccc(C(=O)CCC(=O)NCC2(c3ccc(F)cc3F)CC2(C)C)cc1. The molecule has 1 fully saturated rings. The Morgan fingerprint density at radius 2 is 1.68 bits per heavy atom. The molecule has 0 heterocycles. The van der Waals surface area contributed by atoms with Crippen LogP contribution < -0.4 is 5.32 Å². The highest BCUT2D eigenvalue weighted by Crippen LogP contribution is 2.64. The van der Waals surface area contributed by atoms with E-state index in [0.717, 1.165) is 11.6 Å². The van der Waals surface area contributed by atoms with Crippen LogP contribution in [0.3, 0.4) is 0 Å². The molecule has 0 radical (unpaired) electrons. The van der Waals surface area contributed by atoms with Crippen molar-refractivity contribution in [2.24, 2.45) is 5.41 Å². The zero-order valence-corrected chi connectivity index (χ0v) is 16.4. The number of ketones is 1. The van der Waals surface area contributed by atoms with E-state index >= 15 is 0 Å². The molecule has 1 unspecified atom stereocenters. The van der Waals surface area contributed by atoms with Crippen LogP contribution in [0.4, 0.5) is 8.78 Å². The molecule has 0 aliphatic heterocycles. The van der Waals surface area contributed by atoms with Crippen LogP contribution in [0.5, 0.6) is 0 Å². The van der Waals surface area contributed by atoms with E-state index in [2.05, 4.69) is 5.32 Å². The molecule has 3 rings (SSSR count). The van der Waals surface area contributed by atoms with Gasteiger partial charge in [0.2, 0.25) is 5.91 Å². The predicted octanol–water partition coefficient (Wildman–Crippen LogP) is 4.72. The van der Waals surface area contributed by atoms with Crippen molar-refractivity contribution in [1.82, 2.24) is 5.32 Å². The van der Waals surface area contributed by atoms with Crippen molar-refractivity contribution < 1.29 is 18.4 Å². The van der Waals surface area contributed by atoms with Gasteiger partial charge in [0, 0.05) is 36.4 Å². The Balaban J connectivity index is 1.59. The van der Waals surface area contributed by atoms with Crippen molar-refractivity contribution in [2.75, 3.05) is 6.54 Å². The zero-order valence-electron chi connectivity index (χ0n) is 16.4. The van der Waals surface area contributed by atoms with Crippen LogP contribution in [-0.2, 0) is 10.2 Å². The molecule has 3 nitrogen and oxygen atoms in total. The van der Waals surface area contributed by atoms with Gasteiger partial charge in [-0.25, -0.2) is 8.78 Å². The molecular weight excluding hydrogens is 360 g/mol. The van der Waals surface area contributed by atoms with Gasteiger partial charge >= 0.3 is 0 Å². The highest BCUT2D eigenvalue weighted by molar-refractivity contribution is 5.98. The van der Waals surface area contributed by atoms with Crippen LogP contribution in [0.25, 0.3) is 0 Å². The Hall–Kier alpha value is -2.56. The molecule has 2 aromatic carbocycles. The number of hydrogen-bond acceptors (Lipinski definition) is 2. The molecule has 1 aliphatic carbocycles. The summed E-state index contributed by atoms with van der Waals surface area (Å²) in [5.74, 6) is -1.53. The fourth-order valence-electron chi connectivity index (χ4n) is 3.89. The fourth-order valence-corrected chi connectivity index (χ4v) is 3.89. The molecule has 0 spiro atoms. The van der Waals surface area contributed by atoms with Crippen LogP contribution >= 0.6 is 0 Å². The van der Waals surface area contributed by atoms with Crippen molar-refractivity contribution in [2.45, 2.75) is 45.4 Å². The smallest absolute Gasteiger partial charge is 0.220 e. The normalized spacial score (nSPS) is 19.9. The molecule has 1 atom stereocenters. The molecule has 148 valence electrons. The number of aryl methyl sites for hydroxylation is 1. The molecule has 0 aromatic heterocycles. The lowest BCUT2D eigenvalue weighted by Gasteiger charge is -2.22. The minimum atomic E-state index is -0.617. The Labute approximate surface area is 164 Å². The maximum Gasteiger partial charge on any atom is 0.220 e. The van der Waals surface area contributed by atoms with Crippen molar-refractivity contribution in [3.63, 3.8) is 0 Å². The summed E-state index contributed by atoms with van der Waals surface area (Å²) in [7, 11) is 0. The average molecular weight is 385 g/mol. The number of carbonyl (C=O) groups is 2. The first-order valence-corrected chi connectivity index (χ1v) is 9.47. The van der Waals surface area contributed by atoms with E-state index in [0.29, 0.717) is 17.5 Å². The van der Waals surface area contributed by atoms with Gasteiger partial charge in [0.25, 0.3) is 0 Å². The zero-order chi connectivity index (χ0) is 20.5. The van der Waals surface area contributed by atoms with Crippen molar-refractivity contribution >= 4 is 11.7 Å². The molecule has 28 heavy (non-hydrogen) atoms. The Morgan fingerprint density at radius 1 is 1.04 bits per heavy atom. The van der Waals surface area contributed by atoms with Gasteiger partial charge < -0.3 is 5.32 Å². The van der Waals surface area contributed by atoms with Crippen LogP contribution in [0.15, 0.2) is 42.5 Å². The maximum atomic E-state index is 14.3. The largest absolute Gasteiger partial charge is 0.355 e. The Bertz CT molecular complexity index is 905. The third kappa shape index (κ3) is 3.98. The predicted molar refractivity (Wildman–Crippen MR) is 104 cm³/mol. The standard InChI is InChI=1S/C23H25F2NO2/c1-15-4-6-16(7-5-15)20(27)10-11-21(28)26-14-23(13-22(23,2)3)18-9-8-17(24)12-19(18)25/h4-9,12H,10-11,13-14H2,1-3H3,(H,26,28). The number of hydrogen-bond donors (Lipinski definition) is 1. The number of benzene rings is 2. The molecular formula is C23H25F2NO2. The van der Waals surface area contributed by atoms with E-state index in [1.54, 1.807) is 12.1 Å². The van der Waals surface area contributed by atoms with E-state index < -0.39 is 17.0 Å². The first-order valence-electron chi connectivity index (χ1n) is 9.47. The number of carbonyl (C=O) groups excluding carboxylic acids is 2. The lowest BCUT2D eigenvalue weighted by Crippen LogP contribution is -2.35. The molecule has 1 N–H and O–H groups in total. The third-order valence-electron chi connectivity index (χ3n) is 5.90. The molecule has 1 aliphatic rings. The number of rotatable bonds is 7. The van der Waals surface area contributed by atoms with E-state index in [-0.39, 0.29) is 36.5 Å². The van der Waals surface area contributed by atoms with Gasteiger partial charge in [-0.05, 0) is 30.4 Å². The second-order valence-corrected chi connectivity index (χ2v) is 8.33. The first kappa shape index (κ1) is 20.2.